The van der Waals surface area contributed by atoms with Crippen molar-refractivity contribution < 1.29 is 9.53 Å². The number of hydrogen-bond donors (Lipinski definition) is 0. The van der Waals surface area contributed by atoms with E-state index in [1.54, 1.807) is 0 Å². The Labute approximate surface area is 87.0 Å². The molecule has 2 heteroatoms. The van der Waals surface area contributed by atoms with Crippen LogP contribution in [0.1, 0.15) is 53.4 Å². The predicted octanol–water partition coefficient (Wildman–Crippen LogP) is 3.15. The van der Waals surface area contributed by atoms with Crippen molar-refractivity contribution >= 4 is 5.97 Å². The quantitative estimate of drug-likeness (QED) is 0.649. The first-order valence-corrected chi connectivity index (χ1v) is 5.67. The molecule has 0 saturated heterocycles. The second-order valence-electron chi connectivity index (χ2n) is 5.28. The van der Waals surface area contributed by atoms with Crippen LogP contribution in [0.15, 0.2) is 0 Å². The Morgan fingerprint density at radius 3 is 2.57 bits per heavy atom. The van der Waals surface area contributed by atoms with Gasteiger partial charge in [-0.2, -0.15) is 0 Å². The van der Waals surface area contributed by atoms with Crippen LogP contribution in [0.5, 0.6) is 0 Å². The third-order valence-corrected chi connectivity index (χ3v) is 2.56. The van der Waals surface area contributed by atoms with Gasteiger partial charge in [-0.1, -0.05) is 19.8 Å². The Bertz CT molecular complexity index is 203. The molecular formula is C12H22O2. The van der Waals surface area contributed by atoms with Crippen LogP contribution < -0.4 is 0 Å². The molecule has 0 aromatic rings. The van der Waals surface area contributed by atoms with Gasteiger partial charge < -0.3 is 4.74 Å². The highest BCUT2D eigenvalue weighted by atomic mass is 16.6. The standard InChI is InChI=1S/C12H22O2/c1-5-6-7-9-8-10(9)11(13)14-12(2,3)4/h9-10H,5-8H2,1-4H3/t9-,10-/m0/s1. The maximum absolute atomic E-state index is 11.6. The number of ether oxygens (including phenoxy) is 1. The van der Waals surface area contributed by atoms with Gasteiger partial charge in [-0.05, 0) is 39.5 Å². The molecule has 0 bridgehead atoms. The highest BCUT2D eigenvalue weighted by molar-refractivity contribution is 5.76. The molecule has 1 fully saturated rings. The number of carbonyl (C=O) groups is 1. The minimum atomic E-state index is -0.324. The van der Waals surface area contributed by atoms with E-state index in [0.717, 1.165) is 6.42 Å². The summed E-state index contributed by atoms with van der Waals surface area (Å²) in [4.78, 5) is 11.6. The molecule has 0 aromatic heterocycles. The van der Waals surface area contributed by atoms with Crippen LogP contribution in [0.25, 0.3) is 0 Å². The lowest BCUT2D eigenvalue weighted by molar-refractivity contribution is -0.156. The maximum atomic E-state index is 11.6. The molecule has 0 unspecified atom stereocenters. The lowest BCUT2D eigenvalue weighted by Crippen LogP contribution is -2.25. The minimum Gasteiger partial charge on any atom is -0.460 e. The Hall–Kier alpha value is -0.530. The monoisotopic (exact) mass is 198 g/mol. The zero-order valence-corrected chi connectivity index (χ0v) is 9.80. The number of esters is 1. The van der Waals surface area contributed by atoms with Gasteiger partial charge in [-0.3, -0.25) is 4.79 Å². The van der Waals surface area contributed by atoms with Gasteiger partial charge in [0.05, 0.1) is 5.92 Å². The number of unbranched alkanes of at least 4 members (excludes halogenated alkanes) is 1. The van der Waals surface area contributed by atoms with Crippen molar-refractivity contribution in [1.82, 2.24) is 0 Å². The molecule has 2 atom stereocenters. The Morgan fingerprint density at radius 2 is 2.07 bits per heavy atom. The van der Waals surface area contributed by atoms with Gasteiger partial charge in [0.15, 0.2) is 0 Å². The van der Waals surface area contributed by atoms with Gasteiger partial charge in [0.2, 0.25) is 0 Å². The largest absolute Gasteiger partial charge is 0.460 e. The summed E-state index contributed by atoms with van der Waals surface area (Å²) in [6.07, 6.45) is 4.71. The zero-order chi connectivity index (χ0) is 10.8. The molecule has 0 aliphatic heterocycles. The summed E-state index contributed by atoms with van der Waals surface area (Å²) in [5.41, 5.74) is -0.324. The van der Waals surface area contributed by atoms with E-state index in [9.17, 15) is 4.79 Å². The van der Waals surface area contributed by atoms with Gasteiger partial charge in [0.1, 0.15) is 5.60 Å². The molecular weight excluding hydrogens is 176 g/mol. The summed E-state index contributed by atoms with van der Waals surface area (Å²) < 4.78 is 5.33. The first kappa shape index (κ1) is 11.5. The van der Waals surface area contributed by atoms with Crippen LogP contribution in [-0.4, -0.2) is 11.6 Å². The first-order chi connectivity index (χ1) is 6.44. The van der Waals surface area contributed by atoms with Crippen molar-refractivity contribution in [1.29, 1.82) is 0 Å². The second kappa shape index (κ2) is 4.33. The SMILES string of the molecule is CCCC[C@H]1C[C@@H]1C(=O)OC(C)(C)C. The molecule has 0 spiro atoms. The van der Waals surface area contributed by atoms with Crippen molar-refractivity contribution in [3.63, 3.8) is 0 Å². The van der Waals surface area contributed by atoms with E-state index < -0.39 is 0 Å². The number of rotatable bonds is 4. The first-order valence-electron chi connectivity index (χ1n) is 5.67. The van der Waals surface area contributed by atoms with Crippen LogP contribution in [-0.2, 0) is 9.53 Å². The Kier molecular flexibility index (Phi) is 3.57. The molecule has 0 aromatic carbocycles. The summed E-state index contributed by atoms with van der Waals surface area (Å²) >= 11 is 0. The highest BCUT2D eigenvalue weighted by Crippen LogP contribution is 2.43. The fourth-order valence-electron chi connectivity index (χ4n) is 1.70. The van der Waals surface area contributed by atoms with Crippen molar-refractivity contribution in [3.05, 3.63) is 0 Å². The summed E-state index contributed by atoms with van der Waals surface area (Å²) in [7, 11) is 0. The summed E-state index contributed by atoms with van der Waals surface area (Å²) in [6, 6.07) is 0. The topological polar surface area (TPSA) is 26.3 Å². The van der Waals surface area contributed by atoms with Gasteiger partial charge >= 0.3 is 5.97 Å². The molecule has 1 saturated carbocycles. The molecule has 0 heterocycles. The van der Waals surface area contributed by atoms with E-state index in [-0.39, 0.29) is 17.5 Å². The summed E-state index contributed by atoms with van der Waals surface area (Å²) in [5, 5.41) is 0. The molecule has 1 aliphatic rings. The Balaban J connectivity index is 2.22. The lowest BCUT2D eigenvalue weighted by atomic mass is 10.1. The summed E-state index contributed by atoms with van der Waals surface area (Å²) in [5.74, 6) is 0.837. The van der Waals surface area contributed by atoms with E-state index in [4.69, 9.17) is 4.74 Å². The molecule has 1 aliphatic carbocycles. The molecule has 0 amide bonds. The van der Waals surface area contributed by atoms with Crippen LogP contribution in [0, 0.1) is 11.8 Å². The van der Waals surface area contributed by atoms with E-state index in [1.807, 2.05) is 20.8 Å². The maximum Gasteiger partial charge on any atom is 0.309 e. The molecule has 1 rings (SSSR count). The molecule has 0 radical (unpaired) electrons. The van der Waals surface area contributed by atoms with Gasteiger partial charge in [0, 0.05) is 0 Å². The van der Waals surface area contributed by atoms with E-state index in [1.165, 1.54) is 19.3 Å². The van der Waals surface area contributed by atoms with E-state index in [0.29, 0.717) is 5.92 Å². The zero-order valence-electron chi connectivity index (χ0n) is 9.80. The van der Waals surface area contributed by atoms with Crippen LogP contribution >= 0.6 is 0 Å². The number of carbonyl (C=O) groups excluding carboxylic acids is 1. The predicted molar refractivity (Wildman–Crippen MR) is 57.0 cm³/mol. The third-order valence-electron chi connectivity index (χ3n) is 2.56. The van der Waals surface area contributed by atoms with Crippen LogP contribution in [0.3, 0.4) is 0 Å². The van der Waals surface area contributed by atoms with E-state index in [2.05, 4.69) is 6.92 Å². The average Bonchev–Trinajstić information content (AvgIpc) is 2.76. The van der Waals surface area contributed by atoms with Crippen LogP contribution in [0.4, 0.5) is 0 Å². The van der Waals surface area contributed by atoms with Crippen molar-refractivity contribution in [3.8, 4) is 0 Å². The van der Waals surface area contributed by atoms with Crippen LogP contribution in [0.2, 0.25) is 0 Å². The van der Waals surface area contributed by atoms with Crippen molar-refractivity contribution in [2.24, 2.45) is 11.8 Å². The molecule has 82 valence electrons. The van der Waals surface area contributed by atoms with Crippen molar-refractivity contribution in [2.45, 2.75) is 59.0 Å². The molecule has 0 N–H and O–H groups in total. The minimum absolute atomic E-state index is 0.0126. The highest BCUT2D eigenvalue weighted by Gasteiger charge is 2.44. The fourth-order valence-corrected chi connectivity index (χ4v) is 1.70. The molecule has 14 heavy (non-hydrogen) atoms. The lowest BCUT2D eigenvalue weighted by Gasteiger charge is -2.19. The fraction of sp³-hybridized carbons (Fsp3) is 0.917. The normalized spacial score (nSPS) is 26.0. The third kappa shape index (κ3) is 3.69. The average molecular weight is 198 g/mol. The molecule has 2 nitrogen and oxygen atoms in total. The van der Waals surface area contributed by atoms with Gasteiger partial charge in [-0.15, -0.1) is 0 Å². The number of hydrogen-bond acceptors (Lipinski definition) is 2. The summed E-state index contributed by atoms with van der Waals surface area (Å²) in [6.45, 7) is 7.96. The van der Waals surface area contributed by atoms with Crippen molar-refractivity contribution in [2.75, 3.05) is 0 Å². The van der Waals surface area contributed by atoms with E-state index >= 15 is 0 Å². The van der Waals surface area contributed by atoms with Gasteiger partial charge in [-0.25, -0.2) is 0 Å². The second-order valence-corrected chi connectivity index (χ2v) is 5.28. The Morgan fingerprint density at radius 1 is 1.43 bits per heavy atom. The smallest absolute Gasteiger partial charge is 0.309 e. The van der Waals surface area contributed by atoms with Gasteiger partial charge in [0.25, 0.3) is 0 Å².